The highest BCUT2D eigenvalue weighted by Gasteiger charge is 2.16. The van der Waals surface area contributed by atoms with Gasteiger partial charge in [-0.1, -0.05) is 51.1 Å². The summed E-state index contributed by atoms with van der Waals surface area (Å²) >= 11 is 0. The van der Waals surface area contributed by atoms with Crippen molar-refractivity contribution in [3.8, 4) is 11.3 Å². The van der Waals surface area contributed by atoms with Crippen LogP contribution >= 0.6 is 0 Å². The van der Waals surface area contributed by atoms with Crippen LogP contribution in [0, 0.1) is 0 Å². The lowest BCUT2D eigenvalue weighted by Crippen LogP contribution is -2.23. The summed E-state index contributed by atoms with van der Waals surface area (Å²) in [4.78, 5) is 16.4. The maximum Gasteiger partial charge on any atom is 0.272 e. The predicted molar refractivity (Wildman–Crippen MR) is 103 cm³/mol. The van der Waals surface area contributed by atoms with Gasteiger partial charge in [0.2, 0.25) is 0 Å². The fourth-order valence-electron chi connectivity index (χ4n) is 2.76. The average Bonchev–Trinajstić information content (AvgIpc) is 3.02. The molecule has 0 aliphatic rings. The molecule has 5 nitrogen and oxygen atoms in total. The topological polar surface area (TPSA) is 59.8 Å². The van der Waals surface area contributed by atoms with E-state index in [0.29, 0.717) is 12.2 Å². The number of hydrogen-bond donors (Lipinski definition) is 1. The van der Waals surface area contributed by atoms with E-state index in [0.717, 1.165) is 16.8 Å². The average molecular weight is 348 g/mol. The van der Waals surface area contributed by atoms with Gasteiger partial charge in [-0.3, -0.25) is 14.5 Å². The number of rotatable bonds is 4. The zero-order valence-electron chi connectivity index (χ0n) is 15.7. The van der Waals surface area contributed by atoms with Crippen LogP contribution in [0.5, 0.6) is 0 Å². The molecular formula is C21H24N4O. The third-order valence-electron chi connectivity index (χ3n) is 4.34. The second-order valence-corrected chi connectivity index (χ2v) is 7.41. The summed E-state index contributed by atoms with van der Waals surface area (Å²) in [7, 11) is 1.85. The van der Waals surface area contributed by atoms with Crippen LogP contribution in [0.25, 0.3) is 11.3 Å². The van der Waals surface area contributed by atoms with Gasteiger partial charge in [-0.2, -0.15) is 5.10 Å². The first-order chi connectivity index (χ1) is 12.3. The lowest BCUT2D eigenvalue weighted by molar-refractivity contribution is 0.0945. The zero-order chi connectivity index (χ0) is 18.7. The summed E-state index contributed by atoms with van der Waals surface area (Å²) in [5.74, 6) is -0.193. The molecule has 0 aliphatic heterocycles. The van der Waals surface area contributed by atoms with Gasteiger partial charge in [0.05, 0.1) is 5.69 Å². The standard InChI is InChI=1S/C21H24N4O/c1-21(2,3)17-9-7-16(8-10-17)19-12-18(24-25(19)4)20(26)23-14-15-6-5-11-22-13-15/h5-13H,14H2,1-4H3,(H,23,26). The molecule has 0 saturated carbocycles. The van der Waals surface area contributed by atoms with Gasteiger partial charge in [0.1, 0.15) is 0 Å². The van der Waals surface area contributed by atoms with Crippen LogP contribution in [0.15, 0.2) is 54.9 Å². The normalized spacial score (nSPS) is 11.4. The molecule has 134 valence electrons. The van der Waals surface area contributed by atoms with Crippen molar-refractivity contribution in [1.29, 1.82) is 0 Å². The van der Waals surface area contributed by atoms with Crippen molar-refractivity contribution in [3.63, 3.8) is 0 Å². The predicted octanol–water partition coefficient (Wildman–Crippen LogP) is 3.71. The molecule has 0 bridgehead atoms. The molecular weight excluding hydrogens is 324 g/mol. The quantitative estimate of drug-likeness (QED) is 0.782. The van der Waals surface area contributed by atoms with Crippen molar-refractivity contribution < 1.29 is 4.79 Å². The molecule has 5 heteroatoms. The number of carbonyl (C=O) groups excluding carboxylic acids is 1. The van der Waals surface area contributed by atoms with E-state index in [1.165, 1.54) is 5.56 Å². The Hall–Kier alpha value is -2.95. The van der Waals surface area contributed by atoms with Crippen LogP contribution in [0.2, 0.25) is 0 Å². The minimum Gasteiger partial charge on any atom is -0.347 e. The van der Waals surface area contributed by atoms with Crippen LogP contribution in [-0.2, 0) is 19.0 Å². The molecule has 1 amide bonds. The number of aromatic nitrogens is 3. The van der Waals surface area contributed by atoms with Gasteiger partial charge in [-0.05, 0) is 34.2 Å². The smallest absolute Gasteiger partial charge is 0.272 e. The van der Waals surface area contributed by atoms with E-state index in [2.05, 4.69) is 60.4 Å². The molecule has 1 N–H and O–H groups in total. The minimum atomic E-state index is -0.193. The number of nitrogens with one attached hydrogen (secondary N) is 1. The van der Waals surface area contributed by atoms with E-state index in [1.807, 2.05) is 25.2 Å². The molecule has 3 rings (SSSR count). The largest absolute Gasteiger partial charge is 0.347 e. The second kappa shape index (κ2) is 7.12. The fourth-order valence-corrected chi connectivity index (χ4v) is 2.76. The summed E-state index contributed by atoms with van der Waals surface area (Å²) < 4.78 is 1.74. The summed E-state index contributed by atoms with van der Waals surface area (Å²) in [6.07, 6.45) is 3.45. The molecule has 0 fully saturated rings. The number of amides is 1. The van der Waals surface area contributed by atoms with E-state index in [1.54, 1.807) is 17.1 Å². The minimum absolute atomic E-state index is 0.113. The van der Waals surface area contributed by atoms with Crippen LogP contribution in [0.3, 0.4) is 0 Å². The van der Waals surface area contributed by atoms with Crippen molar-refractivity contribution >= 4 is 5.91 Å². The van der Waals surface area contributed by atoms with E-state index < -0.39 is 0 Å². The number of carbonyl (C=O) groups is 1. The Morgan fingerprint density at radius 2 is 1.88 bits per heavy atom. The number of nitrogens with zero attached hydrogens (tertiary/aromatic N) is 3. The van der Waals surface area contributed by atoms with E-state index in [9.17, 15) is 4.79 Å². The van der Waals surface area contributed by atoms with Crippen molar-refractivity contribution in [2.24, 2.45) is 7.05 Å². The summed E-state index contributed by atoms with van der Waals surface area (Å²) in [6, 6.07) is 14.0. The highest BCUT2D eigenvalue weighted by Crippen LogP contribution is 2.26. The Kier molecular flexibility index (Phi) is 4.89. The van der Waals surface area contributed by atoms with Gasteiger partial charge in [0.15, 0.2) is 5.69 Å². The first-order valence-corrected chi connectivity index (χ1v) is 8.66. The van der Waals surface area contributed by atoms with Crippen LogP contribution < -0.4 is 5.32 Å². The third kappa shape index (κ3) is 3.99. The van der Waals surface area contributed by atoms with E-state index >= 15 is 0 Å². The number of hydrogen-bond acceptors (Lipinski definition) is 3. The highest BCUT2D eigenvalue weighted by atomic mass is 16.1. The Morgan fingerprint density at radius 1 is 1.15 bits per heavy atom. The van der Waals surface area contributed by atoms with Gasteiger partial charge in [-0.15, -0.1) is 0 Å². The van der Waals surface area contributed by atoms with E-state index in [-0.39, 0.29) is 11.3 Å². The van der Waals surface area contributed by atoms with Crippen LogP contribution in [0.4, 0.5) is 0 Å². The fraction of sp³-hybridized carbons (Fsp3) is 0.286. The molecule has 1 aromatic carbocycles. The summed E-state index contributed by atoms with van der Waals surface area (Å²) in [5.41, 5.74) is 4.71. The first kappa shape index (κ1) is 17.9. The molecule has 2 aromatic heterocycles. The number of pyridine rings is 1. The lowest BCUT2D eigenvalue weighted by atomic mass is 9.86. The molecule has 26 heavy (non-hydrogen) atoms. The SMILES string of the molecule is Cn1nc(C(=O)NCc2cccnc2)cc1-c1ccc(C(C)(C)C)cc1. The lowest BCUT2D eigenvalue weighted by Gasteiger charge is -2.19. The molecule has 0 radical (unpaired) electrons. The number of benzene rings is 1. The van der Waals surface area contributed by atoms with Crippen molar-refractivity contribution in [3.05, 3.63) is 71.7 Å². The van der Waals surface area contributed by atoms with E-state index in [4.69, 9.17) is 0 Å². The maximum atomic E-state index is 12.4. The molecule has 0 unspecified atom stereocenters. The molecule has 0 spiro atoms. The summed E-state index contributed by atoms with van der Waals surface area (Å²) in [6.45, 7) is 7.00. The Bertz CT molecular complexity index is 890. The van der Waals surface area contributed by atoms with Gasteiger partial charge in [0, 0.05) is 26.0 Å². The van der Waals surface area contributed by atoms with Crippen LogP contribution in [0.1, 0.15) is 42.4 Å². The van der Waals surface area contributed by atoms with Gasteiger partial charge in [0.25, 0.3) is 5.91 Å². The number of aryl methyl sites for hydroxylation is 1. The maximum absolute atomic E-state index is 12.4. The van der Waals surface area contributed by atoms with Gasteiger partial charge in [-0.25, -0.2) is 0 Å². The molecule has 3 aromatic rings. The highest BCUT2D eigenvalue weighted by molar-refractivity contribution is 5.93. The van der Waals surface area contributed by atoms with Crippen LogP contribution in [-0.4, -0.2) is 20.7 Å². The monoisotopic (exact) mass is 348 g/mol. The van der Waals surface area contributed by atoms with Crippen molar-refractivity contribution in [1.82, 2.24) is 20.1 Å². The first-order valence-electron chi connectivity index (χ1n) is 8.66. The Balaban J connectivity index is 1.75. The van der Waals surface area contributed by atoms with Gasteiger partial charge < -0.3 is 5.32 Å². The second-order valence-electron chi connectivity index (χ2n) is 7.41. The summed E-state index contributed by atoms with van der Waals surface area (Å²) in [5, 5.41) is 7.24. The zero-order valence-corrected chi connectivity index (χ0v) is 15.7. The molecule has 2 heterocycles. The Morgan fingerprint density at radius 3 is 2.50 bits per heavy atom. The van der Waals surface area contributed by atoms with Crippen molar-refractivity contribution in [2.75, 3.05) is 0 Å². The molecule has 0 atom stereocenters. The van der Waals surface area contributed by atoms with Crippen molar-refractivity contribution in [2.45, 2.75) is 32.7 Å². The molecule has 0 aliphatic carbocycles. The third-order valence-corrected chi connectivity index (χ3v) is 4.34. The Labute approximate surface area is 154 Å². The molecule has 0 saturated heterocycles. The van der Waals surface area contributed by atoms with Gasteiger partial charge >= 0.3 is 0 Å².